The standard InChI is InChI=1S/C11H12F3NO/c12-11(13,14)9-2-1-7-4-15-5-8(6-16)10(7)3-9/h1-3,8,15-16H,4-6H2. The van der Waals surface area contributed by atoms with Gasteiger partial charge in [0, 0.05) is 19.0 Å². The molecule has 1 aliphatic heterocycles. The number of aliphatic hydroxyl groups is 1. The molecule has 0 aliphatic carbocycles. The summed E-state index contributed by atoms with van der Waals surface area (Å²) in [7, 11) is 0. The zero-order chi connectivity index (χ0) is 11.8. The van der Waals surface area contributed by atoms with Gasteiger partial charge in [0.1, 0.15) is 0 Å². The minimum atomic E-state index is -4.32. The number of hydrogen-bond donors (Lipinski definition) is 2. The maximum absolute atomic E-state index is 12.5. The Balaban J connectivity index is 2.43. The molecule has 0 aromatic heterocycles. The van der Waals surface area contributed by atoms with Gasteiger partial charge in [-0.2, -0.15) is 13.2 Å². The van der Waals surface area contributed by atoms with Gasteiger partial charge in [0.15, 0.2) is 0 Å². The Labute approximate surface area is 91.1 Å². The van der Waals surface area contributed by atoms with Crippen molar-refractivity contribution in [3.05, 3.63) is 34.9 Å². The van der Waals surface area contributed by atoms with Gasteiger partial charge < -0.3 is 10.4 Å². The van der Waals surface area contributed by atoms with Crippen molar-refractivity contribution in [3.63, 3.8) is 0 Å². The number of benzene rings is 1. The van der Waals surface area contributed by atoms with Gasteiger partial charge in [0.25, 0.3) is 0 Å². The molecule has 2 nitrogen and oxygen atoms in total. The average molecular weight is 231 g/mol. The Morgan fingerprint density at radius 1 is 1.38 bits per heavy atom. The van der Waals surface area contributed by atoms with Gasteiger partial charge in [-0.3, -0.25) is 0 Å². The van der Waals surface area contributed by atoms with E-state index in [0.29, 0.717) is 18.7 Å². The molecule has 0 amide bonds. The number of fused-ring (bicyclic) bond motifs is 1. The van der Waals surface area contributed by atoms with Crippen LogP contribution in [0.5, 0.6) is 0 Å². The molecule has 88 valence electrons. The van der Waals surface area contributed by atoms with E-state index in [2.05, 4.69) is 5.32 Å². The van der Waals surface area contributed by atoms with Crippen LogP contribution in [-0.2, 0) is 12.7 Å². The lowest BCUT2D eigenvalue weighted by atomic mass is 9.90. The molecule has 1 heterocycles. The highest BCUT2D eigenvalue weighted by atomic mass is 19.4. The van der Waals surface area contributed by atoms with Crippen LogP contribution in [0.4, 0.5) is 13.2 Å². The third-order valence-electron chi connectivity index (χ3n) is 2.84. The second-order valence-corrected chi connectivity index (χ2v) is 3.92. The number of halogens is 3. The Bertz CT molecular complexity index is 389. The summed E-state index contributed by atoms with van der Waals surface area (Å²) in [5.41, 5.74) is 0.793. The minimum absolute atomic E-state index is 0.138. The van der Waals surface area contributed by atoms with Crippen LogP contribution in [0.25, 0.3) is 0 Å². The predicted octanol–water partition coefficient (Wildman–Crippen LogP) is 1.88. The fourth-order valence-electron chi connectivity index (χ4n) is 1.97. The highest BCUT2D eigenvalue weighted by Crippen LogP contribution is 2.33. The summed E-state index contributed by atoms with van der Waals surface area (Å²) >= 11 is 0. The number of alkyl halides is 3. The summed E-state index contributed by atoms with van der Waals surface area (Å²) in [4.78, 5) is 0. The van der Waals surface area contributed by atoms with Gasteiger partial charge in [-0.1, -0.05) is 6.07 Å². The van der Waals surface area contributed by atoms with Crippen molar-refractivity contribution in [2.75, 3.05) is 13.2 Å². The second kappa shape index (κ2) is 4.07. The summed E-state index contributed by atoms with van der Waals surface area (Å²) in [6.45, 7) is 0.941. The van der Waals surface area contributed by atoms with Crippen LogP contribution in [-0.4, -0.2) is 18.3 Å². The first kappa shape index (κ1) is 11.4. The molecule has 0 fully saturated rings. The van der Waals surface area contributed by atoms with Crippen molar-refractivity contribution < 1.29 is 18.3 Å². The van der Waals surface area contributed by atoms with E-state index in [0.717, 1.165) is 17.7 Å². The molecule has 1 aromatic rings. The summed E-state index contributed by atoms with van der Waals surface area (Å²) < 4.78 is 37.5. The van der Waals surface area contributed by atoms with Crippen LogP contribution in [0.2, 0.25) is 0 Å². The smallest absolute Gasteiger partial charge is 0.396 e. The second-order valence-electron chi connectivity index (χ2n) is 3.92. The fraction of sp³-hybridized carbons (Fsp3) is 0.455. The van der Waals surface area contributed by atoms with Crippen molar-refractivity contribution in [3.8, 4) is 0 Å². The summed E-state index contributed by atoms with van der Waals surface area (Å²) in [5.74, 6) is -0.244. The molecule has 1 unspecified atom stereocenters. The van der Waals surface area contributed by atoms with Gasteiger partial charge in [-0.15, -0.1) is 0 Å². The van der Waals surface area contributed by atoms with Crippen LogP contribution >= 0.6 is 0 Å². The van der Waals surface area contributed by atoms with Crippen molar-refractivity contribution in [1.29, 1.82) is 0 Å². The highest BCUT2D eigenvalue weighted by Gasteiger charge is 2.32. The quantitative estimate of drug-likeness (QED) is 0.773. The van der Waals surface area contributed by atoms with Gasteiger partial charge in [0.05, 0.1) is 12.2 Å². The van der Waals surface area contributed by atoms with Gasteiger partial charge in [-0.05, 0) is 23.3 Å². The van der Waals surface area contributed by atoms with E-state index >= 15 is 0 Å². The lowest BCUT2D eigenvalue weighted by molar-refractivity contribution is -0.137. The topological polar surface area (TPSA) is 32.3 Å². The molecular weight excluding hydrogens is 219 g/mol. The number of rotatable bonds is 1. The lowest BCUT2D eigenvalue weighted by Gasteiger charge is -2.25. The SMILES string of the molecule is OCC1CNCc2ccc(C(F)(F)F)cc21. The molecule has 0 bridgehead atoms. The first-order valence-corrected chi connectivity index (χ1v) is 5.04. The normalized spacial score (nSPS) is 20.6. The van der Waals surface area contributed by atoms with Crippen LogP contribution in [0.3, 0.4) is 0 Å². The molecule has 2 N–H and O–H groups in total. The number of nitrogens with one attached hydrogen (secondary N) is 1. The Morgan fingerprint density at radius 2 is 2.12 bits per heavy atom. The van der Waals surface area contributed by atoms with E-state index in [9.17, 15) is 13.2 Å². The molecule has 0 saturated heterocycles. The zero-order valence-corrected chi connectivity index (χ0v) is 8.51. The summed E-state index contributed by atoms with van der Waals surface area (Å²) in [5, 5.41) is 12.2. The minimum Gasteiger partial charge on any atom is -0.396 e. The van der Waals surface area contributed by atoms with E-state index in [1.54, 1.807) is 0 Å². The van der Waals surface area contributed by atoms with E-state index in [1.807, 2.05) is 0 Å². The zero-order valence-electron chi connectivity index (χ0n) is 8.51. The molecule has 0 saturated carbocycles. The van der Waals surface area contributed by atoms with E-state index in [4.69, 9.17) is 5.11 Å². The maximum Gasteiger partial charge on any atom is 0.416 e. The van der Waals surface area contributed by atoms with Gasteiger partial charge in [-0.25, -0.2) is 0 Å². The van der Waals surface area contributed by atoms with Gasteiger partial charge in [0.2, 0.25) is 0 Å². The van der Waals surface area contributed by atoms with Crippen molar-refractivity contribution in [1.82, 2.24) is 5.32 Å². The van der Waals surface area contributed by atoms with Gasteiger partial charge >= 0.3 is 6.18 Å². The fourth-order valence-corrected chi connectivity index (χ4v) is 1.97. The molecular formula is C11H12F3NO. The summed E-state index contributed by atoms with van der Waals surface area (Å²) in [6.07, 6.45) is -4.32. The van der Waals surface area contributed by atoms with Crippen LogP contribution in [0.15, 0.2) is 18.2 Å². The third kappa shape index (κ3) is 2.05. The molecule has 0 radical (unpaired) electrons. The number of aliphatic hydroxyl groups excluding tert-OH is 1. The Morgan fingerprint density at radius 3 is 2.75 bits per heavy atom. The highest BCUT2D eigenvalue weighted by molar-refractivity contribution is 5.37. The predicted molar refractivity (Wildman–Crippen MR) is 53.0 cm³/mol. The largest absolute Gasteiger partial charge is 0.416 e. The summed E-state index contributed by atoms with van der Waals surface area (Å²) in [6, 6.07) is 3.71. The Kier molecular flexibility index (Phi) is 2.90. The van der Waals surface area contributed by atoms with E-state index in [1.165, 1.54) is 6.07 Å². The first-order chi connectivity index (χ1) is 7.52. The molecule has 1 aromatic carbocycles. The monoisotopic (exact) mass is 231 g/mol. The molecule has 0 spiro atoms. The molecule has 2 rings (SSSR count). The molecule has 16 heavy (non-hydrogen) atoms. The average Bonchev–Trinajstić information content (AvgIpc) is 2.26. The van der Waals surface area contributed by atoms with Crippen molar-refractivity contribution >= 4 is 0 Å². The van der Waals surface area contributed by atoms with E-state index in [-0.39, 0.29) is 12.5 Å². The molecule has 1 aliphatic rings. The van der Waals surface area contributed by atoms with Crippen LogP contribution in [0.1, 0.15) is 22.6 Å². The Hall–Kier alpha value is -1.07. The van der Waals surface area contributed by atoms with Crippen LogP contribution < -0.4 is 5.32 Å². The number of hydrogen-bond acceptors (Lipinski definition) is 2. The molecule has 1 atom stereocenters. The molecule has 5 heteroatoms. The van der Waals surface area contributed by atoms with Crippen LogP contribution in [0, 0.1) is 0 Å². The third-order valence-corrected chi connectivity index (χ3v) is 2.84. The maximum atomic E-state index is 12.5. The van der Waals surface area contributed by atoms with Crippen molar-refractivity contribution in [2.24, 2.45) is 0 Å². The van der Waals surface area contributed by atoms with Crippen molar-refractivity contribution in [2.45, 2.75) is 18.6 Å². The first-order valence-electron chi connectivity index (χ1n) is 5.04. The van der Waals surface area contributed by atoms with E-state index < -0.39 is 11.7 Å². The lowest BCUT2D eigenvalue weighted by Crippen LogP contribution is -2.30.